The molecule has 0 unspecified atom stereocenters. The number of carbonyl (C=O) groups excluding carboxylic acids is 2. The van der Waals surface area contributed by atoms with Crippen LogP contribution in [0.3, 0.4) is 0 Å². The molecule has 50 valence electrons. The molecule has 3 nitrogen and oxygen atoms in total. The van der Waals surface area contributed by atoms with Crippen LogP contribution in [0.4, 0.5) is 0 Å². The lowest BCUT2D eigenvalue weighted by Crippen LogP contribution is -1.97. The maximum atomic E-state index is 10.3. The highest BCUT2D eigenvalue weighted by Crippen LogP contribution is 1.89. The van der Waals surface area contributed by atoms with Gasteiger partial charge in [-0.15, -0.1) is 0 Å². The Labute approximate surface area is 53.3 Å². The van der Waals surface area contributed by atoms with Gasteiger partial charge in [0, 0.05) is 12.5 Å². The molecule has 0 aliphatic rings. The van der Waals surface area contributed by atoms with Crippen LogP contribution in [0.25, 0.3) is 0 Å². The van der Waals surface area contributed by atoms with Crippen LogP contribution in [-0.4, -0.2) is 19.0 Å². The molecule has 0 saturated carbocycles. The molecule has 0 amide bonds. The van der Waals surface area contributed by atoms with E-state index in [1.54, 1.807) is 5.94 Å². The van der Waals surface area contributed by atoms with E-state index in [1.165, 1.54) is 13.2 Å². The molecular formula is C6H8O3. The predicted molar refractivity (Wildman–Crippen MR) is 31.5 cm³/mol. The standard InChI is InChI=1S/C6H8O3/c1-9-6(8)4-2-3-5-7/h3H,2,4H2,1H3. The Bertz CT molecular complexity index is 133. The van der Waals surface area contributed by atoms with Crippen LogP contribution in [0.2, 0.25) is 0 Å². The first-order valence-electron chi connectivity index (χ1n) is 2.57. The van der Waals surface area contributed by atoms with Crippen molar-refractivity contribution < 1.29 is 14.3 Å². The van der Waals surface area contributed by atoms with Crippen LogP contribution in [0.1, 0.15) is 12.8 Å². The smallest absolute Gasteiger partial charge is 0.305 e. The van der Waals surface area contributed by atoms with E-state index in [-0.39, 0.29) is 12.4 Å². The molecule has 0 aromatic carbocycles. The third-order valence-electron chi connectivity index (χ3n) is 0.804. The van der Waals surface area contributed by atoms with Gasteiger partial charge in [0.15, 0.2) is 0 Å². The Morgan fingerprint density at radius 3 is 2.89 bits per heavy atom. The zero-order valence-electron chi connectivity index (χ0n) is 5.22. The Hall–Kier alpha value is -1.08. The van der Waals surface area contributed by atoms with Crippen molar-refractivity contribution in [1.29, 1.82) is 0 Å². The van der Waals surface area contributed by atoms with Crippen molar-refractivity contribution in [3.63, 3.8) is 0 Å². The van der Waals surface area contributed by atoms with E-state index in [0.717, 1.165) is 0 Å². The third kappa shape index (κ3) is 4.78. The molecular weight excluding hydrogens is 120 g/mol. The van der Waals surface area contributed by atoms with Crippen molar-refractivity contribution in [1.82, 2.24) is 0 Å². The van der Waals surface area contributed by atoms with Crippen molar-refractivity contribution >= 4 is 11.9 Å². The molecule has 0 bridgehead atoms. The molecule has 9 heavy (non-hydrogen) atoms. The highest BCUT2D eigenvalue weighted by atomic mass is 16.5. The number of allylic oxidation sites excluding steroid dienone is 1. The number of ether oxygens (including phenoxy) is 1. The molecule has 0 rings (SSSR count). The van der Waals surface area contributed by atoms with E-state index in [4.69, 9.17) is 0 Å². The molecule has 3 heteroatoms. The number of hydrogen-bond donors (Lipinski definition) is 0. The van der Waals surface area contributed by atoms with Crippen molar-refractivity contribution in [2.24, 2.45) is 0 Å². The van der Waals surface area contributed by atoms with E-state index in [0.29, 0.717) is 6.42 Å². The molecule has 0 radical (unpaired) electrons. The zero-order valence-corrected chi connectivity index (χ0v) is 5.22. The lowest BCUT2D eigenvalue weighted by atomic mass is 10.3. The van der Waals surface area contributed by atoms with E-state index in [1.807, 2.05) is 0 Å². The summed E-state index contributed by atoms with van der Waals surface area (Å²) in [4.78, 5) is 19.9. The maximum Gasteiger partial charge on any atom is 0.305 e. The minimum absolute atomic E-state index is 0.256. The average molecular weight is 128 g/mol. The SMILES string of the molecule is COC(=O)CCC=C=O. The van der Waals surface area contributed by atoms with E-state index in [2.05, 4.69) is 4.74 Å². The largest absolute Gasteiger partial charge is 0.469 e. The molecule has 0 aliphatic heterocycles. The molecule has 0 spiro atoms. The van der Waals surface area contributed by atoms with Gasteiger partial charge in [0.25, 0.3) is 0 Å². The minimum Gasteiger partial charge on any atom is -0.469 e. The topological polar surface area (TPSA) is 43.4 Å². The minimum atomic E-state index is -0.304. The Morgan fingerprint density at radius 2 is 2.44 bits per heavy atom. The maximum absolute atomic E-state index is 10.3. The Morgan fingerprint density at radius 1 is 1.78 bits per heavy atom. The molecule has 0 fully saturated rings. The molecule has 0 aromatic heterocycles. The van der Waals surface area contributed by atoms with Gasteiger partial charge in [-0.1, -0.05) is 0 Å². The van der Waals surface area contributed by atoms with Gasteiger partial charge < -0.3 is 4.74 Å². The molecule has 0 atom stereocenters. The summed E-state index contributed by atoms with van der Waals surface area (Å²) in [5.41, 5.74) is 0. The van der Waals surface area contributed by atoms with Crippen molar-refractivity contribution in [3.8, 4) is 0 Å². The lowest BCUT2D eigenvalue weighted by Gasteiger charge is -1.91. The number of hydrogen-bond acceptors (Lipinski definition) is 3. The molecule has 0 N–H and O–H groups in total. The monoisotopic (exact) mass is 128 g/mol. The van der Waals surface area contributed by atoms with E-state index < -0.39 is 0 Å². The van der Waals surface area contributed by atoms with Crippen molar-refractivity contribution in [2.45, 2.75) is 12.8 Å². The van der Waals surface area contributed by atoms with Crippen molar-refractivity contribution in [2.75, 3.05) is 7.11 Å². The first-order valence-corrected chi connectivity index (χ1v) is 2.57. The average Bonchev–Trinajstić information content (AvgIpc) is 1.89. The summed E-state index contributed by atoms with van der Waals surface area (Å²) in [7, 11) is 1.31. The summed E-state index contributed by atoms with van der Waals surface area (Å²) in [6, 6.07) is 0. The fraction of sp³-hybridized carbons (Fsp3) is 0.500. The first kappa shape index (κ1) is 7.92. The quantitative estimate of drug-likeness (QED) is 0.406. The van der Waals surface area contributed by atoms with Gasteiger partial charge in [-0.05, 0) is 6.42 Å². The normalized spacial score (nSPS) is 7.67. The van der Waals surface area contributed by atoms with Gasteiger partial charge in [0.1, 0.15) is 5.94 Å². The van der Waals surface area contributed by atoms with Crippen LogP contribution in [-0.2, 0) is 14.3 Å². The molecule has 0 saturated heterocycles. The van der Waals surface area contributed by atoms with E-state index in [9.17, 15) is 9.59 Å². The molecule has 0 aromatic rings. The number of rotatable bonds is 3. The number of esters is 1. The van der Waals surface area contributed by atoms with Crippen LogP contribution < -0.4 is 0 Å². The van der Waals surface area contributed by atoms with Gasteiger partial charge in [-0.2, -0.15) is 0 Å². The fourth-order valence-corrected chi connectivity index (χ4v) is 0.351. The van der Waals surface area contributed by atoms with Gasteiger partial charge >= 0.3 is 5.97 Å². The second-order valence-corrected chi connectivity index (χ2v) is 1.44. The second kappa shape index (κ2) is 5.06. The van der Waals surface area contributed by atoms with Crippen LogP contribution in [0, 0.1) is 0 Å². The number of methoxy groups -OCH3 is 1. The van der Waals surface area contributed by atoms with Gasteiger partial charge in [-0.25, -0.2) is 4.79 Å². The highest BCUT2D eigenvalue weighted by molar-refractivity contribution is 5.69. The van der Waals surface area contributed by atoms with Crippen LogP contribution in [0.15, 0.2) is 6.08 Å². The van der Waals surface area contributed by atoms with Crippen LogP contribution in [0.5, 0.6) is 0 Å². The zero-order chi connectivity index (χ0) is 7.11. The summed E-state index contributed by atoms with van der Waals surface area (Å²) in [6.45, 7) is 0. The molecule has 0 aliphatic carbocycles. The third-order valence-corrected chi connectivity index (χ3v) is 0.804. The summed E-state index contributed by atoms with van der Waals surface area (Å²) in [5, 5.41) is 0. The number of carbonyl (C=O) groups is 1. The molecule has 0 heterocycles. The van der Waals surface area contributed by atoms with E-state index >= 15 is 0 Å². The highest BCUT2D eigenvalue weighted by Gasteiger charge is 1.94. The summed E-state index contributed by atoms with van der Waals surface area (Å²) < 4.78 is 4.31. The Balaban J connectivity index is 3.27. The predicted octanol–water partition coefficient (Wildman–Crippen LogP) is 0.327. The fourth-order valence-electron chi connectivity index (χ4n) is 0.351. The van der Waals surface area contributed by atoms with Crippen LogP contribution >= 0.6 is 0 Å². The first-order chi connectivity index (χ1) is 4.31. The summed E-state index contributed by atoms with van der Waals surface area (Å²) in [5.74, 6) is 1.26. The second-order valence-electron chi connectivity index (χ2n) is 1.44. The van der Waals surface area contributed by atoms with Crippen molar-refractivity contribution in [3.05, 3.63) is 6.08 Å². The lowest BCUT2D eigenvalue weighted by molar-refractivity contribution is -0.140. The van der Waals surface area contributed by atoms with Gasteiger partial charge in [0.2, 0.25) is 0 Å². The summed E-state index contributed by atoms with van der Waals surface area (Å²) in [6.07, 6.45) is 1.93. The van der Waals surface area contributed by atoms with Gasteiger partial charge in [0.05, 0.1) is 7.11 Å². The Kier molecular flexibility index (Phi) is 4.46. The summed E-state index contributed by atoms with van der Waals surface area (Å²) >= 11 is 0. The van der Waals surface area contributed by atoms with Gasteiger partial charge in [-0.3, -0.25) is 4.79 Å².